The average molecular weight is 473 g/mol. The van der Waals surface area contributed by atoms with E-state index in [4.69, 9.17) is 0 Å². The summed E-state index contributed by atoms with van der Waals surface area (Å²) in [5.74, 6) is 0.445. The van der Waals surface area contributed by atoms with Crippen LogP contribution >= 0.6 is 0 Å². The third-order valence-corrected chi connectivity index (χ3v) is 7.41. The topological polar surface area (TPSA) is 84.1 Å². The van der Waals surface area contributed by atoms with E-state index >= 15 is 4.39 Å². The lowest BCUT2D eigenvalue weighted by Crippen LogP contribution is -2.35. The van der Waals surface area contributed by atoms with Crippen LogP contribution in [0.3, 0.4) is 0 Å². The van der Waals surface area contributed by atoms with E-state index in [0.29, 0.717) is 34.9 Å². The number of rotatable bonds is 5. The molecule has 3 N–H and O–H groups in total. The molecule has 2 aromatic heterocycles. The Kier molecular flexibility index (Phi) is 5.42. The number of fused-ring (bicyclic) bond motifs is 1. The van der Waals surface area contributed by atoms with E-state index in [1.54, 1.807) is 24.3 Å². The number of phenols is 1. The minimum Gasteiger partial charge on any atom is -0.508 e. The molecule has 6 rings (SSSR count). The molecule has 2 aromatic carbocycles. The number of nitrogens with one attached hydrogen (secondary N) is 2. The van der Waals surface area contributed by atoms with Crippen LogP contribution in [0.4, 0.5) is 4.39 Å². The Hall–Kier alpha value is -3.49. The van der Waals surface area contributed by atoms with Gasteiger partial charge in [-0.2, -0.15) is 5.10 Å². The quantitative estimate of drug-likeness (QED) is 0.400. The molecule has 4 heterocycles. The Labute approximate surface area is 203 Å². The van der Waals surface area contributed by atoms with E-state index in [0.717, 1.165) is 43.0 Å². The highest BCUT2D eigenvalue weighted by Gasteiger charge is 2.29. The van der Waals surface area contributed by atoms with Gasteiger partial charge in [-0.1, -0.05) is 25.1 Å². The number of halogens is 1. The van der Waals surface area contributed by atoms with Crippen LogP contribution in [0.1, 0.15) is 24.6 Å². The molecule has 2 aliphatic rings. The number of likely N-dealkylation sites (N-methyl/N-ethyl adjacent to an activating group) is 1. The van der Waals surface area contributed by atoms with Crippen LogP contribution in [-0.2, 0) is 6.42 Å². The maximum atomic E-state index is 15.6. The van der Waals surface area contributed by atoms with Crippen molar-refractivity contribution in [1.82, 2.24) is 30.0 Å². The predicted octanol–water partition coefficient (Wildman–Crippen LogP) is 4.43. The number of phenolic OH excluding ortho intramolecular Hbond substituents is 1. The Balaban J connectivity index is 1.28. The number of imidazole rings is 1. The molecule has 1 atom stereocenters. The summed E-state index contributed by atoms with van der Waals surface area (Å²) < 4.78 is 15.6. The molecule has 1 unspecified atom stereocenters. The van der Waals surface area contributed by atoms with E-state index in [-0.39, 0.29) is 17.1 Å². The van der Waals surface area contributed by atoms with Crippen LogP contribution in [0.2, 0.25) is 0 Å². The van der Waals surface area contributed by atoms with Crippen molar-refractivity contribution in [3.63, 3.8) is 0 Å². The Morgan fingerprint density at radius 2 is 2.06 bits per heavy atom. The molecule has 4 aromatic rings. The van der Waals surface area contributed by atoms with E-state index in [2.05, 4.69) is 43.1 Å². The molecule has 0 radical (unpaired) electrons. The first kappa shape index (κ1) is 22.0. The zero-order valence-electron chi connectivity index (χ0n) is 20.0. The van der Waals surface area contributed by atoms with Crippen molar-refractivity contribution in [2.45, 2.75) is 25.8 Å². The largest absolute Gasteiger partial charge is 0.508 e. The summed E-state index contributed by atoms with van der Waals surface area (Å²) in [6.45, 7) is 6.13. The predicted molar refractivity (Wildman–Crippen MR) is 136 cm³/mol. The third-order valence-electron chi connectivity index (χ3n) is 7.41. The lowest BCUT2D eigenvalue weighted by molar-refractivity contribution is 0.254. The minimum absolute atomic E-state index is 0.179. The van der Waals surface area contributed by atoms with Gasteiger partial charge in [0.15, 0.2) is 11.6 Å². The van der Waals surface area contributed by atoms with Gasteiger partial charge in [0.1, 0.15) is 17.0 Å². The lowest BCUT2D eigenvalue weighted by Gasteiger charge is -2.23. The molecule has 0 saturated carbocycles. The number of hydrogen-bond acceptors (Lipinski definition) is 5. The Bertz CT molecular complexity index is 1440. The molecule has 35 heavy (non-hydrogen) atoms. The standard InChI is InChI=1S/C27H29FN6O/c1-3-16-12-19(35)4-5-20(16)21-6-7-22-25(24(21)28)31-32-26(22)27-29-13-23(30-27)17-8-11-34(14-17)18-9-10-33(2)15-18/h4-8,12-13,18,35H,3,9-11,14-15H2,1-2H3,(H,29,30)(H,31,32). The average Bonchev–Trinajstić information content (AvgIpc) is 3.64. The van der Waals surface area contributed by atoms with Gasteiger partial charge in [-0.3, -0.25) is 10.00 Å². The molecule has 0 bridgehead atoms. The van der Waals surface area contributed by atoms with E-state index < -0.39 is 0 Å². The fraction of sp³-hybridized carbons (Fsp3) is 0.333. The smallest absolute Gasteiger partial charge is 0.159 e. The van der Waals surface area contributed by atoms with Gasteiger partial charge in [0, 0.05) is 36.6 Å². The van der Waals surface area contributed by atoms with Gasteiger partial charge in [0.2, 0.25) is 0 Å². The van der Waals surface area contributed by atoms with Gasteiger partial charge >= 0.3 is 0 Å². The summed E-state index contributed by atoms with van der Waals surface area (Å²) in [6, 6.07) is 9.29. The maximum Gasteiger partial charge on any atom is 0.159 e. The second-order valence-electron chi connectivity index (χ2n) is 9.63. The zero-order chi connectivity index (χ0) is 24.1. The Morgan fingerprint density at radius 1 is 1.20 bits per heavy atom. The monoisotopic (exact) mass is 472 g/mol. The van der Waals surface area contributed by atoms with Gasteiger partial charge < -0.3 is 15.0 Å². The van der Waals surface area contributed by atoms with Crippen molar-refractivity contribution in [1.29, 1.82) is 0 Å². The summed E-state index contributed by atoms with van der Waals surface area (Å²) in [6.07, 6.45) is 6.03. The molecule has 1 saturated heterocycles. The summed E-state index contributed by atoms with van der Waals surface area (Å²) in [7, 11) is 2.18. The normalized spacial score (nSPS) is 19.2. The van der Waals surface area contributed by atoms with E-state index in [9.17, 15) is 5.11 Å². The lowest BCUT2D eigenvalue weighted by atomic mass is 9.96. The summed E-state index contributed by atoms with van der Waals surface area (Å²) in [5, 5.41) is 17.8. The number of hydrogen-bond donors (Lipinski definition) is 3. The number of aryl methyl sites for hydroxylation is 1. The number of aromatic hydroxyl groups is 1. The van der Waals surface area contributed by atoms with Crippen molar-refractivity contribution in [3.8, 4) is 28.4 Å². The Morgan fingerprint density at radius 3 is 2.86 bits per heavy atom. The number of nitrogens with zero attached hydrogens (tertiary/aromatic N) is 4. The van der Waals surface area contributed by atoms with E-state index in [1.165, 1.54) is 12.0 Å². The number of benzene rings is 2. The molecule has 1 fully saturated rings. The fourth-order valence-corrected chi connectivity index (χ4v) is 5.44. The molecular weight excluding hydrogens is 443 g/mol. The number of likely N-dealkylation sites (tertiary alicyclic amines) is 1. The van der Waals surface area contributed by atoms with Crippen LogP contribution < -0.4 is 0 Å². The molecule has 2 aliphatic heterocycles. The number of aromatic nitrogens is 4. The SMILES string of the molecule is CCc1cc(O)ccc1-c1ccc2c(-c3ncc(C4=CCN(C5CCN(C)C5)C4)[nH]3)[nH]nc2c1F. The second kappa shape index (κ2) is 8.62. The van der Waals surface area contributed by atoms with Crippen molar-refractivity contribution in [2.75, 3.05) is 33.2 Å². The summed E-state index contributed by atoms with van der Waals surface area (Å²) in [5.41, 5.74) is 5.31. The molecule has 7 nitrogen and oxygen atoms in total. The second-order valence-corrected chi connectivity index (χ2v) is 9.63. The van der Waals surface area contributed by atoms with Crippen molar-refractivity contribution in [3.05, 3.63) is 59.7 Å². The van der Waals surface area contributed by atoms with Crippen molar-refractivity contribution < 1.29 is 9.50 Å². The van der Waals surface area contributed by atoms with E-state index in [1.807, 2.05) is 19.2 Å². The van der Waals surface area contributed by atoms with Crippen LogP contribution in [0.5, 0.6) is 5.75 Å². The number of H-pyrrole nitrogens is 2. The third kappa shape index (κ3) is 3.83. The first-order chi connectivity index (χ1) is 17.0. The first-order valence-electron chi connectivity index (χ1n) is 12.2. The van der Waals surface area contributed by atoms with Gasteiger partial charge in [-0.25, -0.2) is 9.37 Å². The zero-order valence-corrected chi connectivity index (χ0v) is 20.0. The maximum absolute atomic E-state index is 15.6. The van der Waals surface area contributed by atoms with Crippen molar-refractivity contribution in [2.24, 2.45) is 0 Å². The highest BCUT2D eigenvalue weighted by atomic mass is 19.1. The summed E-state index contributed by atoms with van der Waals surface area (Å²) >= 11 is 0. The first-order valence-corrected chi connectivity index (χ1v) is 12.2. The molecule has 0 amide bonds. The highest BCUT2D eigenvalue weighted by Crippen LogP contribution is 2.35. The van der Waals surface area contributed by atoms with Crippen LogP contribution in [0.25, 0.3) is 39.1 Å². The summed E-state index contributed by atoms with van der Waals surface area (Å²) in [4.78, 5) is 12.9. The molecular formula is C27H29FN6O. The molecule has 180 valence electrons. The van der Waals surface area contributed by atoms with Crippen LogP contribution in [0.15, 0.2) is 42.6 Å². The highest BCUT2D eigenvalue weighted by molar-refractivity contribution is 5.95. The van der Waals surface area contributed by atoms with Gasteiger partial charge in [-0.05, 0) is 61.3 Å². The molecule has 8 heteroatoms. The molecule has 0 spiro atoms. The van der Waals surface area contributed by atoms with Gasteiger partial charge in [-0.15, -0.1) is 0 Å². The van der Waals surface area contributed by atoms with Crippen molar-refractivity contribution >= 4 is 16.5 Å². The minimum atomic E-state index is -0.382. The van der Waals surface area contributed by atoms with Crippen LogP contribution in [-0.4, -0.2) is 74.3 Å². The van der Waals surface area contributed by atoms with Gasteiger partial charge in [0.25, 0.3) is 0 Å². The van der Waals surface area contributed by atoms with Crippen LogP contribution in [0, 0.1) is 5.82 Å². The van der Waals surface area contributed by atoms with Gasteiger partial charge in [0.05, 0.1) is 11.9 Å². The fourth-order valence-electron chi connectivity index (χ4n) is 5.44. The molecule has 0 aliphatic carbocycles. The number of aromatic amines is 2.